The Bertz CT molecular complexity index is 1280. The molecule has 1 aliphatic rings. The van der Waals surface area contributed by atoms with Gasteiger partial charge in [-0.05, 0) is 48.8 Å². The monoisotopic (exact) mass is 385 g/mol. The van der Waals surface area contributed by atoms with Crippen molar-refractivity contribution in [2.45, 2.75) is 19.8 Å². The van der Waals surface area contributed by atoms with Crippen LogP contribution < -0.4 is 14.9 Å². The van der Waals surface area contributed by atoms with Gasteiger partial charge in [-0.25, -0.2) is 0 Å². The summed E-state index contributed by atoms with van der Waals surface area (Å²) in [5.74, 6) is 2.20. The van der Waals surface area contributed by atoms with E-state index in [2.05, 4.69) is 34.9 Å². The first-order chi connectivity index (χ1) is 14.1. The van der Waals surface area contributed by atoms with Crippen LogP contribution in [0.1, 0.15) is 18.5 Å². The zero-order valence-corrected chi connectivity index (χ0v) is 16.6. The Kier molecular flexibility index (Phi) is 4.27. The molecule has 0 amide bonds. The maximum atomic E-state index is 12.1. The first-order valence-electron chi connectivity index (χ1n) is 10.00. The number of aromatic nitrogens is 1. The molecule has 5 rings (SSSR count). The number of ether oxygens (including phenoxy) is 2. The average molecular weight is 385 g/mol. The number of aryl methyl sites for hydroxylation is 1. The minimum Gasteiger partial charge on any atom is -0.493 e. The van der Waals surface area contributed by atoms with E-state index in [1.165, 1.54) is 12.8 Å². The number of benzene rings is 2. The van der Waals surface area contributed by atoms with Gasteiger partial charge in [0.2, 0.25) is 0 Å². The van der Waals surface area contributed by atoms with Gasteiger partial charge in [0.15, 0.2) is 16.9 Å². The topological polar surface area (TPSA) is 39.9 Å². The highest BCUT2D eigenvalue weighted by Crippen LogP contribution is 2.38. The van der Waals surface area contributed by atoms with Crippen LogP contribution >= 0.6 is 0 Å². The van der Waals surface area contributed by atoms with Crippen molar-refractivity contribution in [3.8, 4) is 22.6 Å². The Morgan fingerprint density at radius 2 is 1.79 bits per heavy atom. The van der Waals surface area contributed by atoms with E-state index >= 15 is 0 Å². The molecule has 4 aromatic rings. The van der Waals surface area contributed by atoms with E-state index in [1.54, 1.807) is 19.2 Å². The van der Waals surface area contributed by atoms with Crippen LogP contribution in [0, 0.1) is 12.8 Å². The molecule has 1 aliphatic carbocycles. The van der Waals surface area contributed by atoms with Crippen LogP contribution in [-0.4, -0.2) is 18.1 Å². The molecule has 2 heterocycles. The molecule has 0 aliphatic heterocycles. The molecule has 4 nitrogen and oxygen atoms in total. The van der Waals surface area contributed by atoms with Crippen molar-refractivity contribution in [2.75, 3.05) is 13.7 Å². The smallest absolute Gasteiger partial charge is 0.182 e. The molecule has 0 radical (unpaired) electrons. The summed E-state index contributed by atoms with van der Waals surface area (Å²) in [5, 5.41) is 2.16. The SMILES string of the molecule is COc1ccc(-c2cn3c(C)cc(=O)cc3c3ccccc23)cc1OCC1CC1. The normalized spacial score (nSPS) is 13.7. The molecule has 2 aromatic carbocycles. The lowest BCUT2D eigenvalue weighted by atomic mass is 9.98. The number of nitrogens with zero attached hydrogens (tertiary/aromatic N) is 1. The Balaban J connectivity index is 1.73. The van der Waals surface area contributed by atoms with Gasteiger partial charge in [-0.1, -0.05) is 30.3 Å². The average Bonchev–Trinajstić information content (AvgIpc) is 3.56. The summed E-state index contributed by atoms with van der Waals surface area (Å²) in [6, 6.07) is 17.7. The molecule has 1 fully saturated rings. The molecule has 4 heteroatoms. The van der Waals surface area contributed by atoms with Crippen molar-refractivity contribution >= 4 is 16.3 Å². The van der Waals surface area contributed by atoms with Crippen LogP contribution in [0.2, 0.25) is 0 Å². The number of methoxy groups -OCH3 is 1. The molecule has 0 atom stereocenters. The summed E-state index contributed by atoms with van der Waals surface area (Å²) in [4.78, 5) is 12.1. The van der Waals surface area contributed by atoms with Crippen LogP contribution in [0.15, 0.2) is 65.6 Å². The summed E-state index contributed by atoms with van der Waals surface area (Å²) in [7, 11) is 1.67. The molecule has 146 valence electrons. The van der Waals surface area contributed by atoms with E-state index in [0.717, 1.165) is 51.2 Å². The second-order valence-corrected chi connectivity index (χ2v) is 7.80. The van der Waals surface area contributed by atoms with Crippen molar-refractivity contribution < 1.29 is 9.47 Å². The molecular formula is C25H23NO3. The Labute approximate surface area is 169 Å². The highest BCUT2D eigenvalue weighted by molar-refractivity contribution is 6.04. The van der Waals surface area contributed by atoms with Gasteiger partial charge in [-0.3, -0.25) is 4.79 Å². The summed E-state index contributed by atoms with van der Waals surface area (Å²) in [6.45, 7) is 2.70. The maximum Gasteiger partial charge on any atom is 0.182 e. The van der Waals surface area contributed by atoms with Crippen LogP contribution in [0.25, 0.3) is 27.4 Å². The van der Waals surface area contributed by atoms with E-state index < -0.39 is 0 Å². The molecular weight excluding hydrogens is 362 g/mol. The fraction of sp³-hybridized carbons (Fsp3) is 0.240. The Morgan fingerprint density at radius 3 is 2.55 bits per heavy atom. The van der Waals surface area contributed by atoms with Crippen LogP contribution in [0.4, 0.5) is 0 Å². The van der Waals surface area contributed by atoms with Crippen molar-refractivity contribution in [1.29, 1.82) is 0 Å². The number of hydrogen-bond acceptors (Lipinski definition) is 3. The van der Waals surface area contributed by atoms with E-state index in [0.29, 0.717) is 5.92 Å². The molecule has 0 bridgehead atoms. The van der Waals surface area contributed by atoms with E-state index in [9.17, 15) is 4.79 Å². The summed E-state index contributed by atoms with van der Waals surface area (Å²) in [6.07, 6.45) is 4.60. The van der Waals surface area contributed by atoms with Crippen LogP contribution in [0.5, 0.6) is 11.5 Å². The van der Waals surface area contributed by atoms with Gasteiger partial charge >= 0.3 is 0 Å². The van der Waals surface area contributed by atoms with Gasteiger partial charge < -0.3 is 13.9 Å². The lowest BCUT2D eigenvalue weighted by Crippen LogP contribution is -2.05. The first-order valence-corrected chi connectivity index (χ1v) is 10.00. The third-order valence-corrected chi connectivity index (χ3v) is 5.67. The summed E-state index contributed by atoms with van der Waals surface area (Å²) >= 11 is 0. The predicted molar refractivity (Wildman–Crippen MR) is 116 cm³/mol. The quantitative estimate of drug-likeness (QED) is 0.442. The lowest BCUT2D eigenvalue weighted by Gasteiger charge is -2.16. The van der Waals surface area contributed by atoms with Gasteiger partial charge in [0, 0.05) is 35.0 Å². The molecule has 29 heavy (non-hydrogen) atoms. The molecule has 0 N–H and O–H groups in total. The van der Waals surface area contributed by atoms with Crippen LogP contribution in [0.3, 0.4) is 0 Å². The van der Waals surface area contributed by atoms with Gasteiger partial charge in [-0.15, -0.1) is 0 Å². The predicted octanol–water partition coefficient (Wildman–Crippen LogP) is 5.23. The fourth-order valence-electron chi connectivity index (χ4n) is 3.91. The highest BCUT2D eigenvalue weighted by atomic mass is 16.5. The fourth-order valence-corrected chi connectivity index (χ4v) is 3.91. The van der Waals surface area contributed by atoms with Crippen molar-refractivity contribution in [2.24, 2.45) is 5.92 Å². The van der Waals surface area contributed by atoms with E-state index in [1.807, 2.05) is 25.1 Å². The van der Waals surface area contributed by atoms with Crippen molar-refractivity contribution in [3.05, 3.63) is 76.7 Å². The molecule has 1 saturated carbocycles. The highest BCUT2D eigenvalue weighted by Gasteiger charge is 2.23. The van der Waals surface area contributed by atoms with Crippen molar-refractivity contribution in [3.63, 3.8) is 0 Å². The molecule has 0 unspecified atom stereocenters. The summed E-state index contributed by atoms with van der Waals surface area (Å²) < 4.78 is 13.7. The lowest BCUT2D eigenvalue weighted by molar-refractivity contribution is 0.280. The first kappa shape index (κ1) is 17.8. The third kappa shape index (κ3) is 3.25. The molecule has 0 spiro atoms. The standard InChI is InChI=1S/C25H23NO3/c1-16-11-19(27)13-23-21-6-4-3-5-20(21)22(14-26(16)23)18-9-10-24(28-2)25(12-18)29-15-17-7-8-17/h3-6,9-14,17H,7-8,15H2,1-2H3. The molecule has 0 saturated heterocycles. The van der Waals surface area contributed by atoms with Gasteiger partial charge in [0.05, 0.1) is 19.2 Å². The van der Waals surface area contributed by atoms with Crippen LogP contribution in [-0.2, 0) is 0 Å². The zero-order chi connectivity index (χ0) is 20.0. The summed E-state index contributed by atoms with van der Waals surface area (Å²) in [5.41, 5.74) is 4.03. The molecule has 2 aromatic heterocycles. The van der Waals surface area contributed by atoms with Gasteiger partial charge in [0.25, 0.3) is 0 Å². The Morgan fingerprint density at radius 1 is 1.00 bits per heavy atom. The number of hydrogen-bond donors (Lipinski definition) is 0. The number of pyridine rings is 2. The van der Waals surface area contributed by atoms with E-state index in [-0.39, 0.29) is 5.43 Å². The Hall–Kier alpha value is -3.27. The van der Waals surface area contributed by atoms with Gasteiger partial charge in [-0.2, -0.15) is 0 Å². The minimum atomic E-state index is 0.0283. The minimum absolute atomic E-state index is 0.0283. The second kappa shape index (κ2) is 6.96. The van der Waals surface area contributed by atoms with Gasteiger partial charge in [0.1, 0.15) is 0 Å². The number of rotatable bonds is 5. The second-order valence-electron chi connectivity index (χ2n) is 7.80. The van der Waals surface area contributed by atoms with E-state index in [4.69, 9.17) is 9.47 Å². The number of fused-ring (bicyclic) bond motifs is 3. The largest absolute Gasteiger partial charge is 0.493 e. The zero-order valence-electron chi connectivity index (χ0n) is 16.6. The van der Waals surface area contributed by atoms with Crippen molar-refractivity contribution in [1.82, 2.24) is 4.40 Å². The third-order valence-electron chi connectivity index (χ3n) is 5.67. The maximum absolute atomic E-state index is 12.1.